The molecule has 1 amide bonds. The fourth-order valence-electron chi connectivity index (χ4n) is 2.87. The van der Waals surface area contributed by atoms with E-state index in [9.17, 15) is 21.6 Å². The summed E-state index contributed by atoms with van der Waals surface area (Å²) in [7, 11) is -4.11. The summed E-state index contributed by atoms with van der Waals surface area (Å²) in [6.07, 6.45) is 1.57. The van der Waals surface area contributed by atoms with Crippen molar-refractivity contribution in [2.75, 3.05) is 44.4 Å². The van der Waals surface area contributed by atoms with Crippen molar-refractivity contribution in [2.45, 2.75) is 17.7 Å². The number of hydrogen-bond donors (Lipinski definition) is 1. The normalized spacial score (nSPS) is 11.9. The van der Waals surface area contributed by atoms with Crippen LogP contribution >= 0.6 is 11.6 Å². The third-order valence-electron chi connectivity index (χ3n) is 4.56. The van der Waals surface area contributed by atoms with Crippen LogP contribution < -0.4 is 14.4 Å². The van der Waals surface area contributed by atoms with Gasteiger partial charge in [0.05, 0.1) is 23.4 Å². The van der Waals surface area contributed by atoms with Crippen LogP contribution in [-0.2, 0) is 24.8 Å². The van der Waals surface area contributed by atoms with E-state index in [1.807, 2.05) is 0 Å². The zero-order valence-corrected chi connectivity index (χ0v) is 21.1. The molecule has 182 valence electrons. The van der Waals surface area contributed by atoms with E-state index in [1.54, 1.807) is 36.4 Å². The third kappa shape index (κ3) is 8.18. The molecule has 0 atom stereocenters. The first kappa shape index (κ1) is 26.9. The van der Waals surface area contributed by atoms with Gasteiger partial charge >= 0.3 is 0 Å². The molecule has 0 unspecified atom stereocenters. The molecule has 0 aromatic heterocycles. The van der Waals surface area contributed by atoms with Gasteiger partial charge in [-0.3, -0.25) is 9.10 Å². The van der Waals surface area contributed by atoms with Crippen molar-refractivity contribution in [3.63, 3.8) is 0 Å². The van der Waals surface area contributed by atoms with Gasteiger partial charge in [-0.25, -0.2) is 21.1 Å². The lowest BCUT2D eigenvalue weighted by atomic mass is 10.2. The Morgan fingerprint density at radius 1 is 1.06 bits per heavy atom. The molecule has 0 saturated carbocycles. The topological polar surface area (TPSA) is 113 Å². The fraction of sp³-hybridized carbons (Fsp3) is 0.381. The van der Waals surface area contributed by atoms with Crippen molar-refractivity contribution in [1.29, 1.82) is 0 Å². The van der Waals surface area contributed by atoms with Crippen LogP contribution in [0, 0.1) is 0 Å². The minimum atomic E-state index is -3.52. The molecule has 2 rings (SSSR count). The highest BCUT2D eigenvalue weighted by Crippen LogP contribution is 2.22. The maximum Gasteiger partial charge on any atom is 0.242 e. The van der Waals surface area contributed by atoms with E-state index >= 15 is 0 Å². The monoisotopic (exact) mass is 517 g/mol. The zero-order chi connectivity index (χ0) is 24.6. The highest BCUT2D eigenvalue weighted by atomic mass is 35.5. The Balaban J connectivity index is 1.76. The van der Waals surface area contributed by atoms with E-state index < -0.39 is 20.0 Å². The Morgan fingerprint density at radius 3 is 2.30 bits per heavy atom. The van der Waals surface area contributed by atoms with Gasteiger partial charge in [0.25, 0.3) is 0 Å². The summed E-state index contributed by atoms with van der Waals surface area (Å²) in [6.45, 7) is 0.593. The lowest BCUT2D eigenvalue weighted by Crippen LogP contribution is -2.32. The molecule has 0 heterocycles. The largest absolute Gasteiger partial charge is 0.492 e. The van der Waals surface area contributed by atoms with Crippen molar-refractivity contribution in [3.8, 4) is 5.75 Å². The van der Waals surface area contributed by atoms with Gasteiger partial charge in [0.1, 0.15) is 12.4 Å². The molecule has 0 aliphatic rings. The molecule has 1 N–H and O–H groups in total. The van der Waals surface area contributed by atoms with Gasteiger partial charge in [-0.15, -0.1) is 0 Å². The Labute approximate surface area is 200 Å². The van der Waals surface area contributed by atoms with Crippen LogP contribution in [0.15, 0.2) is 53.4 Å². The van der Waals surface area contributed by atoms with Gasteiger partial charge in [0.2, 0.25) is 26.0 Å². The van der Waals surface area contributed by atoms with Gasteiger partial charge in [-0.2, -0.15) is 0 Å². The zero-order valence-electron chi connectivity index (χ0n) is 18.7. The Morgan fingerprint density at radius 2 is 1.73 bits per heavy atom. The summed E-state index contributed by atoms with van der Waals surface area (Å²) < 4.78 is 56.2. The van der Waals surface area contributed by atoms with E-state index in [1.165, 1.54) is 30.5 Å². The standard InChI is InChI=1S/C21H28ClN3O6S2/c1-24(2)33(29,30)20-11-9-19(10-12-20)31-15-13-23-21(26)8-5-14-25(32(3,27)28)18-7-4-6-17(22)16-18/h4,6-7,9-12,16H,5,8,13-15H2,1-3H3,(H,23,26). The highest BCUT2D eigenvalue weighted by Gasteiger charge is 2.18. The summed E-state index contributed by atoms with van der Waals surface area (Å²) in [6, 6.07) is 12.5. The number of nitrogens with zero attached hydrogens (tertiary/aromatic N) is 2. The molecule has 2 aromatic carbocycles. The molecule has 12 heteroatoms. The van der Waals surface area contributed by atoms with E-state index in [4.69, 9.17) is 16.3 Å². The first-order valence-electron chi connectivity index (χ1n) is 10.1. The molecule has 33 heavy (non-hydrogen) atoms. The molecule has 0 bridgehead atoms. The fourth-order valence-corrected chi connectivity index (χ4v) is 4.91. The minimum absolute atomic E-state index is 0.143. The Hall–Kier alpha value is -2.34. The lowest BCUT2D eigenvalue weighted by Gasteiger charge is -2.22. The molecule has 0 spiro atoms. The van der Waals surface area contributed by atoms with Crippen LogP contribution in [0.2, 0.25) is 5.02 Å². The van der Waals surface area contributed by atoms with Crippen molar-refractivity contribution >= 4 is 43.2 Å². The first-order chi connectivity index (χ1) is 15.4. The summed E-state index contributed by atoms with van der Waals surface area (Å²) in [5.41, 5.74) is 0.447. The summed E-state index contributed by atoms with van der Waals surface area (Å²) >= 11 is 5.95. The molecular formula is C21H28ClN3O6S2. The number of anilines is 1. The number of nitrogens with one attached hydrogen (secondary N) is 1. The predicted molar refractivity (Wildman–Crippen MR) is 129 cm³/mol. The molecule has 0 aliphatic heterocycles. The molecule has 0 radical (unpaired) electrons. The van der Waals surface area contributed by atoms with E-state index in [2.05, 4.69) is 5.32 Å². The SMILES string of the molecule is CN(C)S(=O)(=O)c1ccc(OCCNC(=O)CCCN(c2cccc(Cl)c2)S(C)(=O)=O)cc1. The Bertz CT molecular complexity index is 1150. The minimum Gasteiger partial charge on any atom is -0.492 e. The van der Waals surface area contributed by atoms with Gasteiger partial charge in [-0.1, -0.05) is 17.7 Å². The molecule has 0 fully saturated rings. The smallest absolute Gasteiger partial charge is 0.242 e. The van der Waals surface area contributed by atoms with Crippen LogP contribution in [0.1, 0.15) is 12.8 Å². The van der Waals surface area contributed by atoms with E-state index in [0.29, 0.717) is 22.9 Å². The maximum absolute atomic E-state index is 12.1. The molecule has 0 saturated heterocycles. The van der Waals surface area contributed by atoms with Crippen molar-refractivity contribution in [3.05, 3.63) is 53.6 Å². The van der Waals surface area contributed by atoms with Gasteiger partial charge in [-0.05, 0) is 48.9 Å². The van der Waals surface area contributed by atoms with Crippen LogP contribution in [0.3, 0.4) is 0 Å². The molecule has 9 nitrogen and oxygen atoms in total. The van der Waals surface area contributed by atoms with Crippen molar-refractivity contribution < 1.29 is 26.4 Å². The number of sulfonamides is 2. The molecule has 0 aliphatic carbocycles. The molecule has 2 aromatic rings. The van der Waals surface area contributed by atoms with Crippen molar-refractivity contribution in [2.24, 2.45) is 0 Å². The second kappa shape index (κ2) is 11.7. The average molecular weight is 518 g/mol. The van der Waals surface area contributed by atoms with Crippen LogP contribution in [0.4, 0.5) is 5.69 Å². The van der Waals surface area contributed by atoms with Crippen LogP contribution in [0.5, 0.6) is 5.75 Å². The summed E-state index contributed by atoms with van der Waals surface area (Å²) in [5.74, 6) is 0.248. The average Bonchev–Trinajstić information content (AvgIpc) is 2.73. The van der Waals surface area contributed by atoms with Gasteiger partial charge in [0, 0.05) is 32.1 Å². The highest BCUT2D eigenvalue weighted by molar-refractivity contribution is 7.92. The molecular weight excluding hydrogens is 490 g/mol. The number of amides is 1. The first-order valence-corrected chi connectivity index (χ1v) is 13.7. The number of hydrogen-bond acceptors (Lipinski definition) is 6. The second-order valence-corrected chi connectivity index (χ2v) is 11.9. The van der Waals surface area contributed by atoms with E-state index in [0.717, 1.165) is 10.6 Å². The Kier molecular flexibility index (Phi) is 9.53. The predicted octanol–water partition coefficient (Wildman–Crippen LogP) is 2.33. The number of ether oxygens (including phenoxy) is 1. The lowest BCUT2D eigenvalue weighted by molar-refractivity contribution is -0.121. The quantitative estimate of drug-likeness (QED) is 0.432. The van der Waals surface area contributed by atoms with Crippen LogP contribution in [0.25, 0.3) is 0 Å². The third-order valence-corrected chi connectivity index (χ3v) is 7.82. The number of carbonyl (C=O) groups excluding carboxylic acids is 1. The second-order valence-electron chi connectivity index (χ2n) is 7.38. The maximum atomic E-state index is 12.1. The van der Waals surface area contributed by atoms with Crippen molar-refractivity contribution in [1.82, 2.24) is 9.62 Å². The van der Waals surface area contributed by atoms with Gasteiger partial charge in [0.15, 0.2) is 0 Å². The van der Waals surface area contributed by atoms with Crippen LogP contribution in [-0.4, -0.2) is 67.1 Å². The number of carbonyl (C=O) groups is 1. The number of benzene rings is 2. The number of halogens is 1. The summed E-state index contributed by atoms with van der Waals surface area (Å²) in [5, 5.41) is 3.13. The van der Waals surface area contributed by atoms with Gasteiger partial charge < -0.3 is 10.1 Å². The summed E-state index contributed by atoms with van der Waals surface area (Å²) in [4.78, 5) is 12.2. The van der Waals surface area contributed by atoms with E-state index in [-0.39, 0.29) is 36.9 Å². The number of rotatable bonds is 12.